The number of nitro groups is 1. The zero-order valence-electron chi connectivity index (χ0n) is 11.1. The first-order chi connectivity index (χ1) is 9.90. The highest BCUT2D eigenvalue weighted by Gasteiger charge is 2.17. The molecule has 0 spiro atoms. The van der Waals surface area contributed by atoms with Crippen molar-refractivity contribution in [3.63, 3.8) is 0 Å². The molecule has 2 rings (SSSR count). The third-order valence-electron chi connectivity index (χ3n) is 3.04. The van der Waals surface area contributed by atoms with Crippen molar-refractivity contribution in [3.05, 3.63) is 72.6 Å². The molecule has 108 valence electrons. The molecule has 0 amide bonds. The summed E-state index contributed by atoms with van der Waals surface area (Å²) in [6, 6.07) is 9.30. The molecule has 0 aliphatic rings. The van der Waals surface area contributed by atoms with Gasteiger partial charge >= 0.3 is 11.2 Å². The minimum Gasteiger partial charge on any atom is -0.299 e. The van der Waals surface area contributed by atoms with E-state index in [0.717, 1.165) is 15.1 Å². The lowest BCUT2D eigenvalue weighted by Gasteiger charge is -2.08. The fraction of sp³-hybridized carbons (Fsp3) is 0.143. The molecule has 2 aromatic rings. The zero-order chi connectivity index (χ0) is 15.6. The van der Waals surface area contributed by atoms with Crippen LogP contribution in [0.2, 0.25) is 0 Å². The second-order valence-electron chi connectivity index (χ2n) is 4.44. The number of carbonyl (C=O) groups excluding carboxylic acids is 1. The first-order valence-electron chi connectivity index (χ1n) is 6.04. The van der Waals surface area contributed by atoms with Gasteiger partial charge in [-0.3, -0.25) is 24.3 Å². The maximum atomic E-state index is 12.2. The summed E-state index contributed by atoms with van der Waals surface area (Å²) in [5.74, 6) is -0.284. The average molecular weight is 351 g/mol. The summed E-state index contributed by atoms with van der Waals surface area (Å²) in [6.07, 6.45) is 0. The third kappa shape index (κ3) is 3.25. The fourth-order valence-electron chi connectivity index (χ4n) is 1.87. The van der Waals surface area contributed by atoms with Crippen molar-refractivity contribution in [2.45, 2.75) is 13.5 Å². The first-order valence-corrected chi connectivity index (χ1v) is 6.83. The standard InChI is InChI=1S/C14H11BrN2O4/c1-9-2-7-12(17(20)21)14(19)16(9)8-13(18)10-3-5-11(15)6-4-10/h2-7H,8H2,1H3. The fourth-order valence-corrected chi connectivity index (χ4v) is 2.13. The van der Waals surface area contributed by atoms with Crippen LogP contribution in [-0.2, 0) is 6.54 Å². The molecule has 0 fully saturated rings. The van der Waals surface area contributed by atoms with Crippen molar-refractivity contribution < 1.29 is 9.72 Å². The topological polar surface area (TPSA) is 82.2 Å². The number of Topliss-reactive ketones (excluding diaryl/α,β-unsaturated/α-hetero) is 1. The van der Waals surface area contributed by atoms with Crippen molar-refractivity contribution >= 4 is 27.4 Å². The molecule has 1 aromatic carbocycles. The van der Waals surface area contributed by atoms with Gasteiger partial charge in [-0.15, -0.1) is 0 Å². The van der Waals surface area contributed by atoms with E-state index in [0.29, 0.717) is 11.3 Å². The molecule has 0 radical (unpaired) electrons. The highest BCUT2D eigenvalue weighted by molar-refractivity contribution is 9.10. The molecular weight excluding hydrogens is 340 g/mol. The average Bonchev–Trinajstić information content (AvgIpc) is 2.43. The van der Waals surface area contributed by atoms with Crippen LogP contribution < -0.4 is 5.56 Å². The van der Waals surface area contributed by atoms with Crippen LogP contribution in [0, 0.1) is 17.0 Å². The largest absolute Gasteiger partial charge is 0.334 e. The van der Waals surface area contributed by atoms with Gasteiger partial charge in [-0.05, 0) is 25.1 Å². The highest BCUT2D eigenvalue weighted by atomic mass is 79.9. The second-order valence-corrected chi connectivity index (χ2v) is 5.35. The van der Waals surface area contributed by atoms with E-state index in [1.54, 1.807) is 31.2 Å². The second kappa shape index (κ2) is 6.01. The maximum absolute atomic E-state index is 12.2. The Morgan fingerprint density at radius 1 is 1.24 bits per heavy atom. The number of rotatable bonds is 4. The van der Waals surface area contributed by atoms with E-state index in [1.807, 2.05) is 0 Å². The van der Waals surface area contributed by atoms with Crippen LogP contribution in [-0.4, -0.2) is 15.3 Å². The van der Waals surface area contributed by atoms with Crippen LogP contribution in [0.15, 0.2) is 45.7 Å². The van der Waals surface area contributed by atoms with Crippen molar-refractivity contribution in [1.29, 1.82) is 0 Å². The minimum absolute atomic E-state index is 0.228. The smallest absolute Gasteiger partial charge is 0.299 e. The molecule has 0 bridgehead atoms. The van der Waals surface area contributed by atoms with Gasteiger partial charge in [0.15, 0.2) is 5.78 Å². The van der Waals surface area contributed by atoms with Crippen LogP contribution in [0.4, 0.5) is 5.69 Å². The molecule has 0 atom stereocenters. The summed E-state index contributed by atoms with van der Waals surface area (Å²) in [7, 11) is 0. The van der Waals surface area contributed by atoms with Crippen LogP contribution in [0.25, 0.3) is 0 Å². The Balaban J connectivity index is 2.37. The normalized spacial score (nSPS) is 10.4. The lowest BCUT2D eigenvalue weighted by atomic mass is 10.1. The van der Waals surface area contributed by atoms with Gasteiger partial charge in [-0.25, -0.2) is 0 Å². The summed E-state index contributed by atoms with van der Waals surface area (Å²) in [4.78, 5) is 34.2. The Kier molecular flexibility index (Phi) is 4.32. The Morgan fingerprint density at radius 2 is 1.86 bits per heavy atom. The number of pyridine rings is 1. The van der Waals surface area contributed by atoms with Gasteiger partial charge in [0, 0.05) is 21.8 Å². The minimum atomic E-state index is -0.773. The zero-order valence-corrected chi connectivity index (χ0v) is 12.7. The number of hydrogen-bond donors (Lipinski definition) is 0. The van der Waals surface area contributed by atoms with E-state index in [9.17, 15) is 19.7 Å². The Bertz CT molecular complexity index is 766. The number of benzene rings is 1. The molecule has 7 heteroatoms. The summed E-state index contributed by atoms with van der Waals surface area (Å²) < 4.78 is 1.95. The van der Waals surface area contributed by atoms with Crippen LogP contribution in [0.3, 0.4) is 0 Å². The highest BCUT2D eigenvalue weighted by Crippen LogP contribution is 2.12. The molecule has 0 N–H and O–H groups in total. The van der Waals surface area contributed by atoms with Gasteiger partial charge in [-0.2, -0.15) is 0 Å². The predicted molar refractivity (Wildman–Crippen MR) is 80.6 cm³/mol. The van der Waals surface area contributed by atoms with E-state index in [-0.39, 0.29) is 12.3 Å². The van der Waals surface area contributed by atoms with Crippen LogP contribution in [0.5, 0.6) is 0 Å². The monoisotopic (exact) mass is 350 g/mol. The summed E-state index contributed by atoms with van der Waals surface area (Å²) >= 11 is 3.27. The van der Waals surface area contributed by atoms with E-state index in [1.165, 1.54) is 6.07 Å². The van der Waals surface area contributed by atoms with E-state index in [2.05, 4.69) is 15.9 Å². The maximum Gasteiger partial charge on any atom is 0.334 e. The van der Waals surface area contributed by atoms with E-state index < -0.39 is 16.2 Å². The first kappa shape index (κ1) is 15.1. The van der Waals surface area contributed by atoms with Gasteiger partial charge in [-0.1, -0.05) is 28.1 Å². The lowest BCUT2D eigenvalue weighted by molar-refractivity contribution is -0.386. The number of aryl methyl sites for hydroxylation is 1. The Morgan fingerprint density at radius 3 is 2.43 bits per heavy atom. The molecule has 0 aliphatic heterocycles. The summed E-state index contributed by atoms with van der Waals surface area (Å²) in [5, 5.41) is 10.8. The Labute approximate surface area is 128 Å². The molecule has 0 unspecified atom stereocenters. The number of ketones is 1. The van der Waals surface area contributed by atoms with Gasteiger partial charge in [0.1, 0.15) is 0 Å². The molecule has 1 aromatic heterocycles. The van der Waals surface area contributed by atoms with Gasteiger partial charge < -0.3 is 0 Å². The number of nitrogens with zero attached hydrogens (tertiary/aromatic N) is 2. The predicted octanol–water partition coefficient (Wildman–Crippen LogP) is 2.71. The van der Waals surface area contributed by atoms with Gasteiger partial charge in [0.2, 0.25) is 0 Å². The summed E-state index contributed by atoms with van der Waals surface area (Å²) in [6.45, 7) is 1.40. The number of hydrogen-bond acceptors (Lipinski definition) is 4. The molecule has 6 nitrogen and oxygen atoms in total. The van der Waals surface area contributed by atoms with E-state index in [4.69, 9.17) is 0 Å². The van der Waals surface area contributed by atoms with Gasteiger partial charge in [0.25, 0.3) is 0 Å². The van der Waals surface area contributed by atoms with E-state index >= 15 is 0 Å². The summed E-state index contributed by atoms with van der Waals surface area (Å²) in [5.41, 5.74) is -0.373. The quantitative estimate of drug-likeness (QED) is 0.482. The van der Waals surface area contributed by atoms with Crippen LogP contribution in [0.1, 0.15) is 16.1 Å². The lowest BCUT2D eigenvalue weighted by Crippen LogP contribution is -2.27. The third-order valence-corrected chi connectivity index (χ3v) is 3.57. The van der Waals surface area contributed by atoms with Crippen LogP contribution >= 0.6 is 15.9 Å². The van der Waals surface area contributed by atoms with Crippen molar-refractivity contribution in [2.24, 2.45) is 0 Å². The molecule has 0 saturated carbocycles. The molecule has 1 heterocycles. The number of aromatic nitrogens is 1. The van der Waals surface area contributed by atoms with Crippen molar-refractivity contribution in [2.75, 3.05) is 0 Å². The SMILES string of the molecule is Cc1ccc([N+](=O)[O-])c(=O)n1CC(=O)c1ccc(Br)cc1. The van der Waals surface area contributed by atoms with Gasteiger partial charge in [0.05, 0.1) is 11.5 Å². The number of halogens is 1. The molecule has 0 aliphatic carbocycles. The Hall–Kier alpha value is -2.28. The number of carbonyl (C=O) groups is 1. The van der Waals surface area contributed by atoms with Crippen molar-refractivity contribution in [3.8, 4) is 0 Å². The van der Waals surface area contributed by atoms with Crippen molar-refractivity contribution in [1.82, 2.24) is 4.57 Å². The molecule has 0 saturated heterocycles. The molecular formula is C14H11BrN2O4. The molecule has 21 heavy (non-hydrogen) atoms.